The molecule has 3 aromatic rings. The van der Waals surface area contributed by atoms with E-state index in [1.54, 1.807) is 30.5 Å². The summed E-state index contributed by atoms with van der Waals surface area (Å²) in [7, 11) is 0. The maximum absolute atomic E-state index is 12.3. The quantitative estimate of drug-likeness (QED) is 0.570. The third-order valence-electron chi connectivity index (χ3n) is 3.47. The fraction of sp³-hybridized carbons (Fsp3) is 0.111. The van der Waals surface area contributed by atoms with E-state index in [1.807, 2.05) is 0 Å². The third-order valence-corrected chi connectivity index (χ3v) is 4.08. The van der Waals surface area contributed by atoms with E-state index in [2.05, 4.69) is 15.2 Å². The van der Waals surface area contributed by atoms with Gasteiger partial charge in [0.1, 0.15) is 11.5 Å². The van der Waals surface area contributed by atoms with Crippen LogP contribution in [0.15, 0.2) is 54.7 Å². The van der Waals surface area contributed by atoms with Crippen molar-refractivity contribution in [3.63, 3.8) is 0 Å². The lowest BCUT2D eigenvalue weighted by Gasteiger charge is -2.09. The number of hydrogen-bond acceptors (Lipinski definition) is 4. The first-order valence-corrected chi connectivity index (χ1v) is 8.64. The summed E-state index contributed by atoms with van der Waals surface area (Å²) in [6.07, 6.45) is 1.57. The van der Waals surface area contributed by atoms with Crippen molar-refractivity contribution in [1.82, 2.24) is 9.78 Å². The second-order valence-corrected chi connectivity index (χ2v) is 6.24. The first-order chi connectivity index (χ1) is 13.4. The van der Waals surface area contributed by atoms with Gasteiger partial charge < -0.3 is 14.8 Å². The van der Waals surface area contributed by atoms with Crippen molar-refractivity contribution in [3.05, 3.63) is 70.5 Å². The summed E-state index contributed by atoms with van der Waals surface area (Å²) in [6, 6.07) is 12.4. The van der Waals surface area contributed by atoms with Gasteiger partial charge in [0.25, 0.3) is 5.91 Å². The van der Waals surface area contributed by atoms with Crippen molar-refractivity contribution in [1.29, 1.82) is 0 Å². The summed E-state index contributed by atoms with van der Waals surface area (Å²) in [4.78, 5) is 12.3. The second-order valence-electron chi connectivity index (χ2n) is 5.42. The Labute approximate surface area is 168 Å². The van der Waals surface area contributed by atoms with E-state index in [9.17, 15) is 13.6 Å². The van der Waals surface area contributed by atoms with Crippen molar-refractivity contribution in [2.24, 2.45) is 0 Å². The summed E-state index contributed by atoms with van der Waals surface area (Å²) < 4.78 is 35.7. The molecule has 0 saturated heterocycles. The summed E-state index contributed by atoms with van der Waals surface area (Å²) in [5.74, 6) is -0.197. The second kappa shape index (κ2) is 8.90. The highest BCUT2D eigenvalue weighted by molar-refractivity contribution is 6.32. The average Bonchev–Trinajstić information content (AvgIpc) is 3.12. The van der Waals surface area contributed by atoms with Crippen LogP contribution in [0.4, 0.5) is 14.5 Å². The Bertz CT molecular complexity index is 982. The minimum Gasteiger partial charge on any atom is -0.470 e. The van der Waals surface area contributed by atoms with E-state index in [0.717, 1.165) is 0 Å². The number of nitrogens with one attached hydrogen (secondary N) is 1. The molecule has 1 amide bonds. The first-order valence-electron chi connectivity index (χ1n) is 7.89. The summed E-state index contributed by atoms with van der Waals surface area (Å²) in [5.41, 5.74) is 0.435. The Hall–Kier alpha value is -2.84. The number of halogens is 4. The fourth-order valence-corrected chi connectivity index (χ4v) is 2.63. The molecule has 0 aliphatic heterocycles. The van der Waals surface area contributed by atoms with E-state index < -0.39 is 12.5 Å². The SMILES string of the molecule is O=C(Nc1ccc(OC(F)F)c(Cl)c1)c1ccn(COc2ccccc2Cl)n1. The molecule has 10 heteroatoms. The number of rotatable bonds is 7. The highest BCUT2D eigenvalue weighted by Gasteiger charge is 2.13. The number of anilines is 1. The van der Waals surface area contributed by atoms with E-state index in [-0.39, 0.29) is 23.2 Å². The number of hydrogen-bond donors (Lipinski definition) is 1. The Morgan fingerprint density at radius 1 is 1.11 bits per heavy atom. The number of nitrogens with zero attached hydrogens (tertiary/aromatic N) is 2. The van der Waals surface area contributed by atoms with Crippen LogP contribution in [0.1, 0.15) is 10.5 Å². The maximum Gasteiger partial charge on any atom is 0.387 e. The van der Waals surface area contributed by atoms with Gasteiger partial charge in [0.15, 0.2) is 12.4 Å². The molecule has 0 aliphatic carbocycles. The van der Waals surface area contributed by atoms with E-state index >= 15 is 0 Å². The number of carbonyl (C=O) groups is 1. The van der Waals surface area contributed by atoms with Crippen LogP contribution < -0.4 is 14.8 Å². The van der Waals surface area contributed by atoms with Crippen LogP contribution in [0.5, 0.6) is 11.5 Å². The molecule has 1 heterocycles. The molecule has 28 heavy (non-hydrogen) atoms. The predicted octanol–water partition coefficient (Wildman–Crippen LogP) is 5.08. The van der Waals surface area contributed by atoms with Crippen molar-refractivity contribution >= 4 is 34.8 Å². The normalized spacial score (nSPS) is 10.8. The average molecular weight is 428 g/mol. The Balaban J connectivity index is 1.61. The number of aromatic nitrogens is 2. The molecule has 0 fully saturated rings. The Morgan fingerprint density at radius 2 is 1.89 bits per heavy atom. The van der Waals surface area contributed by atoms with Gasteiger partial charge in [-0.25, -0.2) is 4.68 Å². The van der Waals surface area contributed by atoms with Crippen LogP contribution >= 0.6 is 23.2 Å². The minimum absolute atomic E-state index is 0.0580. The maximum atomic E-state index is 12.3. The highest BCUT2D eigenvalue weighted by atomic mass is 35.5. The Kier molecular flexibility index (Phi) is 6.33. The van der Waals surface area contributed by atoms with Crippen molar-refractivity contribution in [3.8, 4) is 11.5 Å². The van der Waals surface area contributed by atoms with Crippen LogP contribution in [0, 0.1) is 0 Å². The van der Waals surface area contributed by atoms with Crippen molar-refractivity contribution < 1.29 is 23.0 Å². The van der Waals surface area contributed by atoms with E-state index in [0.29, 0.717) is 16.5 Å². The first kappa shape index (κ1) is 19.9. The molecule has 0 spiro atoms. The number of ether oxygens (including phenoxy) is 2. The largest absolute Gasteiger partial charge is 0.470 e. The number of alkyl halides is 2. The van der Waals surface area contributed by atoms with Gasteiger partial charge in [0.2, 0.25) is 0 Å². The number of amides is 1. The monoisotopic (exact) mass is 427 g/mol. The van der Waals surface area contributed by atoms with Crippen LogP contribution in [0.3, 0.4) is 0 Å². The van der Waals surface area contributed by atoms with Crippen LogP contribution in [-0.2, 0) is 6.73 Å². The number of benzene rings is 2. The number of carbonyl (C=O) groups excluding carboxylic acids is 1. The molecule has 0 unspecified atom stereocenters. The molecular weight excluding hydrogens is 415 g/mol. The van der Waals surface area contributed by atoms with Gasteiger partial charge in [-0.2, -0.15) is 13.9 Å². The lowest BCUT2D eigenvalue weighted by atomic mass is 10.3. The predicted molar refractivity (Wildman–Crippen MR) is 100 cm³/mol. The van der Waals surface area contributed by atoms with Crippen LogP contribution in [0.25, 0.3) is 0 Å². The molecule has 6 nitrogen and oxygen atoms in total. The fourth-order valence-electron chi connectivity index (χ4n) is 2.22. The van der Waals surface area contributed by atoms with Gasteiger partial charge in [0, 0.05) is 11.9 Å². The molecule has 1 N–H and O–H groups in total. The number of para-hydroxylation sites is 1. The van der Waals surface area contributed by atoms with Gasteiger partial charge >= 0.3 is 6.61 Å². The van der Waals surface area contributed by atoms with E-state index in [1.165, 1.54) is 28.9 Å². The highest BCUT2D eigenvalue weighted by Crippen LogP contribution is 2.29. The van der Waals surface area contributed by atoms with Gasteiger partial charge in [0.05, 0.1) is 10.0 Å². The zero-order valence-electron chi connectivity index (χ0n) is 14.1. The molecule has 2 aromatic carbocycles. The van der Waals surface area contributed by atoms with Crippen molar-refractivity contribution in [2.45, 2.75) is 13.3 Å². The lowest BCUT2D eigenvalue weighted by molar-refractivity contribution is -0.0497. The molecule has 146 valence electrons. The topological polar surface area (TPSA) is 65.4 Å². The third kappa shape index (κ3) is 5.11. The summed E-state index contributed by atoms with van der Waals surface area (Å²) >= 11 is 11.9. The minimum atomic E-state index is -2.99. The zero-order valence-corrected chi connectivity index (χ0v) is 15.6. The summed E-state index contributed by atoms with van der Waals surface area (Å²) in [6.45, 7) is -2.93. The molecule has 3 rings (SSSR count). The van der Waals surface area contributed by atoms with Crippen LogP contribution in [0.2, 0.25) is 10.0 Å². The standard InChI is InChI=1S/C18H13Cl2F2N3O3/c19-12-3-1-2-4-15(12)27-10-25-8-7-14(24-25)17(26)23-11-5-6-16(13(20)9-11)28-18(21)22/h1-9,18H,10H2,(H,23,26). The lowest BCUT2D eigenvalue weighted by Crippen LogP contribution is -2.14. The molecule has 0 bridgehead atoms. The summed E-state index contributed by atoms with van der Waals surface area (Å²) in [5, 5.41) is 7.09. The zero-order chi connectivity index (χ0) is 20.1. The molecule has 0 saturated carbocycles. The van der Waals surface area contributed by atoms with E-state index in [4.69, 9.17) is 27.9 Å². The van der Waals surface area contributed by atoms with Crippen LogP contribution in [-0.4, -0.2) is 22.3 Å². The van der Waals surface area contributed by atoms with Crippen molar-refractivity contribution in [2.75, 3.05) is 5.32 Å². The van der Waals surface area contributed by atoms with Gasteiger partial charge in [-0.3, -0.25) is 4.79 Å². The molecule has 0 atom stereocenters. The molecule has 0 aliphatic rings. The van der Waals surface area contributed by atoms with Gasteiger partial charge in [-0.05, 0) is 36.4 Å². The Morgan fingerprint density at radius 3 is 2.61 bits per heavy atom. The molecular formula is C18H13Cl2F2N3O3. The molecule has 0 radical (unpaired) electrons. The van der Waals surface area contributed by atoms with Gasteiger partial charge in [-0.1, -0.05) is 35.3 Å². The van der Waals surface area contributed by atoms with Gasteiger partial charge in [-0.15, -0.1) is 0 Å². The smallest absolute Gasteiger partial charge is 0.387 e. The molecule has 1 aromatic heterocycles.